The molecule has 1 heterocycles. The zero-order chi connectivity index (χ0) is 13.2. The number of carbonyl (C=O) groups is 1. The number of nitrogens with zero attached hydrogens (tertiary/aromatic N) is 1. The standard InChI is InChI=1S/C15H21NO2/c1-12-7-6-10-16(11-12)15(2,14(17)18)13-8-4-3-5-9-13/h3-5,8-9,12H,6-7,10-11H2,1-2H3,(H,17,18)/t12-,15-/m1/s1. The number of hydrogen-bond acceptors (Lipinski definition) is 2. The van der Waals surface area contributed by atoms with Crippen LogP contribution in [0.2, 0.25) is 0 Å². The molecule has 2 atom stereocenters. The fourth-order valence-electron chi connectivity index (χ4n) is 2.80. The van der Waals surface area contributed by atoms with E-state index in [0.717, 1.165) is 25.1 Å². The molecule has 0 aromatic heterocycles. The van der Waals surface area contributed by atoms with E-state index in [4.69, 9.17) is 0 Å². The van der Waals surface area contributed by atoms with Gasteiger partial charge in [-0.1, -0.05) is 37.3 Å². The Morgan fingerprint density at radius 2 is 2.06 bits per heavy atom. The summed E-state index contributed by atoms with van der Waals surface area (Å²) in [6.07, 6.45) is 2.28. The van der Waals surface area contributed by atoms with Crippen molar-refractivity contribution in [1.82, 2.24) is 4.90 Å². The molecule has 1 N–H and O–H groups in total. The van der Waals surface area contributed by atoms with Gasteiger partial charge in [0.1, 0.15) is 5.54 Å². The van der Waals surface area contributed by atoms with E-state index in [0.29, 0.717) is 5.92 Å². The first-order chi connectivity index (χ1) is 8.55. The van der Waals surface area contributed by atoms with Crippen molar-refractivity contribution < 1.29 is 9.90 Å². The Labute approximate surface area is 108 Å². The fourth-order valence-corrected chi connectivity index (χ4v) is 2.80. The summed E-state index contributed by atoms with van der Waals surface area (Å²) >= 11 is 0. The maximum atomic E-state index is 11.8. The van der Waals surface area contributed by atoms with Gasteiger partial charge in [-0.3, -0.25) is 4.90 Å². The van der Waals surface area contributed by atoms with Gasteiger partial charge in [-0.05, 0) is 37.8 Å². The average Bonchev–Trinajstić information content (AvgIpc) is 2.38. The highest BCUT2D eigenvalue weighted by Crippen LogP contribution is 2.32. The van der Waals surface area contributed by atoms with Gasteiger partial charge in [-0.2, -0.15) is 0 Å². The second-order valence-electron chi connectivity index (χ2n) is 5.44. The Bertz CT molecular complexity index is 418. The highest BCUT2D eigenvalue weighted by atomic mass is 16.4. The number of carboxylic acid groups (broad SMARTS) is 1. The van der Waals surface area contributed by atoms with Crippen molar-refractivity contribution in [3.63, 3.8) is 0 Å². The molecule has 1 aliphatic heterocycles. The zero-order valence-corrected chi connectivity index (χ0v) is 11.1. The van der Waals surface area contributed by atoms with Gasteiger partial charge >= 0.3 is 5.97 Å². The molecule has 1 aromatic rings. The molecule has 1 aromatic carbocycles. The minimum Gasteiger partial charge on any atom is -0.480 e. The largest absolute Gasteiger partial charge is 0.480 e. The molecule has 1 fully saturated rings. The molecule has 18 heavy (non-hydrogen) atoms. The van der Waals surface area contributed by atoms with E-state index in [1.807, 2.05) is 37.3 Å². The van der Waals surface area contributed by atoms with E-state index in [2.05, 4.69) is 11.8 Å². The SMILES string of the molecule is C[C@@H]1CCCN([C@@](C)(C(=O)O)c2ccccc2)C1. The van der Waals surface area contributed by atoms with Crippen LogP contribution in [0.4, 0.5) is 0 Å². The second-order valence-corrected chi connectivity index (χ2v) is 5.44. The van der Waals surface area contributed by atoms with Crippen molar-refractivity contribution in [2.24, 2.45) is 5.92 Å². The maximum Gasteiger partial charge on any atom is 0.328 e. The van der Waals surface area contributed by atoms with Crippen molar-refractivity contribution in [2.75, 3.05) is 13.1 Å². The molecule has 3 nitrogen and oxygen atoms in total. The summed E-state index contributed by atoms with van der Waals surface area (Å²) in [6, 6.07) is 9.55. The van der Waals surface area contributed by atoms with Crippen molar-refractivity contribution >= 4 is 5.97 Å². The predicted molar refractivity (Wildman–Crippen MR) is 71.4 cm³/mol. The van der Waals surface area contributed by atoms with Crippen LogP contribution in [-0.2, 0) is 10.3 Å². The van der Waals surface area contributed by atoms with E-state index in [1.165, 1.54) is 6.42 Å². The number of likely N-dealkylation sites (tertiary alicyclic amines) is 1. The van der Waals surface area contributed by atoms with Gasteiger partial charge < -0.3 is 5.11 Å². The molecule has 3 heteroatoms. The minimum absolute atomic E-state index is 0.570. The van der Waals surface area contributed by atoms with Gasteiger partial charge in [-0.25, -0.2) is 4.79 Å². The van der Waals surface area contributed by atoms with Crippen LogP contribution in [0.25, 0.3) is 0 Å². The van der Waals surface area contributed by atoms with E-state index < -0.39 is 11.5 Å². The van der Waals surface area contributed by atoms with Crippen LogP contribution in [0.5, 0.6) is 0 Å². The summed E-state index contributed by atoms with van der Waals surface area (Å²) in [6.45, 7) is 5.74. The normalized spacial score (nSPS) is 24.4. The summed E-state index contributed by atoms with van der Waals surface area (Å²) in [5, 5.41) is 9.68. The third-order valence-electron chi connectivity index (χ3n) is 4.04. The van der Waals surface area contributed by atoms with Gasteiger partial charge in [0.05, 0.1) is 0 Å². The molecule has 0 aliphatic carbocycles. The minimum atomic E-state index is -0.907. The van der Waals surface area contributed by atoms with Gasteiger partial charge in [0.25, 0.3) is 0 Å². The Kier molecular flexibility index (Phi) is 3.71. The van der Waals surface area contributed by atoms with Crippen LogP contribution >= 0.6 is 0 Å². The summed E-state index contributed by atoms with van der Waals surface area (Å²) in [5.41, 5.74) is -0.0396. The van der Waals surface area contributed by atoms with Crippen molar-refractivity contribution in [1.29, 1.82) is 0 Å². The fraction of sp³-hybridized carbons (Fsp3) is 0.533. The van der Waals surface area contributed by atoms with Gasteiger partial charge in [0.15, 0.2) is 0 Å². The predicted octanol–water partition coefficient (Wildman–Crippen LogP) is 2.72. The third kappa shape index (κ3) is 2.27. The maximum absolute atomic E-state index is 11.8. The smallest absolute Gasteiger partial charge is 0.328 e. The molecule has 0 saturated carbocycles. The van der Waals surface area contributed by atoms with Gasteiger partial charge in [0, 0.05) is 6.54 Å². The first-order valence-electron chi connectivity index (χ1n) is 6.59. The van der Waals surface area contributed by atoms with Crippen LogP contribution in [0.1, 0.15) is 32.3 Å². The quantitative estimate of drug-likeness (QED) is 0.892. The highest BCUT2D eigenvalue weighted by Gasteiger charge is 2.42. The lowest BCUT2D eigenvalue weighted by molar-refractivity contribution is -0.152. The molecule has 0 amide bonds. The summed E-state index contributed by atoms with van der Waals surface area (Å²) < 4.78 is 0. The number of carboxylic acids is 1. The van der Waals surface area contributed by atoms with Crippen LogP contribution in [0.15, 0.2) is 30.3 Å². The zero-order valence-electron chi connectivity index (χ0n) is 11.1. The van der Waals surface area contributed by atoms with Crippen LogP contribution in [-0.4, -0.2) is 29.1 Å². The first-order valence-corrected chi connectivity index (χ1v) is 6.59. The van der Waals surface area contributed by atoms with E-state index in [9.17, 15) is 9.90 Å². The first kappa shape index (κ1) is 13.1. The van der Waals surface area contributed by atoms with E-state index >= 15 is 0 Å². The topological polar surface area (TPSA) is 40.5 Å². The van der Waals surface area contributed by atoms with Crippen molar-refractivity contribution in [3.05, 3.63) is 35.9 Å². The molecule has 0 bridgehead atoms. The summed E-state index contributed by atoms with van der Waals surface area (Å²) in [4.78, 5) is 13.9. The molecule has 2 rings (SSSR count). The van der Waals surface area contributed by atoms with Crippen LogP contribution < -0.4 is 0 Å². The average molecular weight is 247 g/mol. The second kappa shape index (κ2) is 5.11. The van der Waals surface area contributed by atoms with Gasteiger partial charge in [-0.15, -0.1) is 0 Å². The number of rotatable bonds is 3. The van der Waals surface area contributed by atoms with E-state index in [1.54, 1.807) is 0 Å². The third-order valence-corrected chi connectivity index (χ3v) is 4.04. The van der Waals surface area contributed by atoms with Crippen molar-refractivity contribution in [3.8, 4) is 0 Å². The van der Waals surface area contributed by atoms with Crippen LogP contribution in [0.3, 0.4) is 0 Å². The molecule has 0 spiro atoms. The lowest BCUT2D eigenvalue weighted by Crippen LogP contribution is -2.53. The molecular weight excluding hydrogens is 226 g/mol. The lowest BCUT2D eigenvalue weighted by atomic mass is 9.86. The monoisotopic (exact) mass is 247 g/mol. The van der Waals surface area contributed by atoms with Crippen LogP contribution in [0, 0.1) is 5.92 Å². The van der Waals surface area contributed by atoms with E-state index in [-0.39, 0.29) is 0 Å². The molecule has 1 aliphatic rings. The molecule has 0 unspecified atom stereocenters. The summed E-state index contributed by atoms with van der Waals surface area (Å²) in [5.74, 6) is -0.191. The summed E-state index contributed by atoms with van der Waals surface area (Å²) in [7, 11) is 0. The number of benzene rings is 1. The number of hydrogen-bond donors (Lipinski definition) is 1. The Morgan fingerprint density at radius 3 is 2.61 bits per heavy atom. The van der Waals surface area contributed by atoms with Crippen molar-refractivity contribution in [2.45, 2.75) is 32.2 Å². The number of aliphatic carboxylic acids is 1. The van der Waals surface area contributed by atoms with Gasteiger partial charge in [0.2, 0.25) is 0 Å². The molecule has 1 saturated heterocycles. The Hall–Kier alpha value is -1.35. The Morgan fingerprint density at radius 1 is 1.39 bits per heavy atom. The molecule has 98 valence electrons. The number of piperidine rings is 1. The molecule has 0 radical (unpaired) electrons. The molecular formula is C15H21NO2. The lowest BCUT2D eigenvalue weighted by Gasteiger charge is -2.42. The highest BCUT2D eigenvalue weighted by molar-refractivity contribution is 5.80. The Balaban J connectivity index is 2.35.